The number of oxime groups is 1. The van der Waals surface area contributed by atoms with Gasteiger partial charge in [-0.2, -0.15) is 0 Å². The highest BCUT2D eigenvalue weighted by atomic mass is 127. The van der Waals surface area contributed by atoms with Crippen molar-refractivity contribution < 1.29 is 10.0 Å². The number of hydrogen-bond acceptors (Lipinski definition) is 3. The number of amides is 1. The molecule has 3 N–H and O–H groups in total. The number of hydrogen-bond donors (Lipinski definition) is 2. The summed E-state index contributed by atoms with van der Waals surface area (Å²) in [7, 11) is 0. The fraction of sp³-hybridized carbons (Fsp3) is 0.385. The number of amidine groups is 1. The molecule has 1 saturated heterocycles. The molecule has 1 amide bonds. The summed E-state index contributed by atoms with van der Waals surface area (Å²) in [5.74, 6) is 0.391. The monoisotopic (exact) mass is 373 g/mol. The molecule has 0 spiro atoms. The zero-order chi connectivity index (χ0) is 13.8. The molecule has 0 saturated carbocycles. The molecule has 102 valence electrons. The molecule has 1 aromatic carbocycles. The maximum atomic E-state index is 12.3. The molecule has 1 fully saturated rings. The largest absolute Gasteiger partial charge is 0.409 e. The van der Waals surface area contributed by atoms with Crippen LogP contribution in [0.15, 0.2) is 29.4 Å². The number of rotatable bonds is 2. The van der Waals surface area contributed by atoms with E-state index >= 15 is 0 Å². The number of carbonyl (C=O) groups excluding carboxylic acids is 1. The van der Waals surface area contributed by atoms with Gasteiger partial charge in [0.2, 0.25) is 0 Å². The Morgan fingerprint density at radius 1 is 1.42 bits per heavy atom. The fourth-order valence-corrected chi connectivity index (χ4v) is 2.81. The molecule has 1 aliphatic heterocycles. The van der Waals surface area contributed by atoms with Crippen molar-refractivity contribution in [1.29, 1.82) is 0 Å². The first-order valence-electron chi connectivity index (χ1n) is 6.14. The van der Waals surface area contributed by atoms with Crippen molar-refractivity contribution in [3.05, 3.63) is 33.4 Å². The molecule has 1 aromatic rings. The average molecular weight is 373 g/mol. The van der Waals surface area contributed by atoms with Gasteiger partial charge in [-0.25, -0.2) is 0 Å². The predicted octanol–water partition coefficient (Wildman–Crippen LogP) is 1.89. The van der Waals surface area contributed by atoms with Crippen molar-refractivity contribution >= 4 is 34.3 Å². The lowest BCUT2D eigenvalue weighted by Crippen LogP contribution is -2.41. The smallest absolute Gasteiger partial charge is 0.253 e. The van der Waals surface area contributed by atoms with Gasteiger partial charge in [0, 0.05) is 28.1 Å². The molecule has 0 unspecified atom stereocenters. The van der Waals surface area contributed by atoms with Crippen molar-refractivity contribution in [2.45, 2.75) is 12.8 Å². The second-order valence-electron chi connectivity index (χ2n) is 4.60. The van der Waals surface area contributed by atoms with Crippen LogP contribution in [-0.4, -0.2) is 34.9 Å². The maximum Gasteiger partial charge on any atom is 0.253 e. The van der Waals surface area contributed by atoms with Gasteiger partial charge < -0.3 is 15.8 Å². The van der Waals surface area contributed by atoms with Gasteiger partial charge in [0.25, 0.3) is 5.91 Å². The van der Waals surface area contributed by atoms with Gasteiger partial charge >= 0.3 is 0 Å². The third kappa shape index (κ3) is 3.37. The summed E-state index contributed by atoms with van der Waals surface area (Å²) in [5.41, 5.74) is 6.31. The highest BCUT2D eigenvalue weighted by Gasteiger charge is 2.25. The van der Waals surface area contributed by atoms with Gasteiger partial charge in [0.15, 0.2) is 0 Å². The summed E-state index contributed by atoms with van der Waals surface area (Å²) in [5, 5.41) is 11.7. The van der Waals surface area contributed by atoms with Crippen molar-refractivity contribution in [3.8, 4) is 0 Å². The number of carbonyl (C=O) groups is 1. The minimum Gasteiger partial charge on any atom is -0.409 e. The first-order valence-corrected chi connectivity index (χ1v) is 7.22. The third-order valence-electron chi connectivity index (χ3n) is 3.39. The van der Waals surface area contributed by atoms with Crippen LogP contribution in [0.5, 0.6) is 0 Å². The Balaban J connectivity index is 2.00. The van der Waals surface area contributed by atoms with Gasteiger partial charge in [-0.05, 0) is 53.6 Å². The van der Waals surface area contributed by atoms with E-state index in [9.17, 15) is 4.79 Å². The molecular formula is C13H16IN3O2. The Labute approximate surface area is 125 Å². The van der Waals surface area contributed by atoms with Crippen LogP contribution in [0.3, 0.4) is 0 Å². The van der Waals surface area contributed by atoms with Crippen molar-refractivity contribution in [1.82, 2.24) is 4.90 Å². The second-order valence-corrected chi connectivity index (χ2v) is 5.85. The number of nitrogens with zero attached hydrogens (tertiary/aromatic N) is 2. The van der Waals surface area contributed by atoms with Crippen molar-refractivity contribution in [3.63, 3.8) is 0 Å². The lowest BCUT2D eigenvalue weighted by atomic mass is 9.95. The van der Waals surface area contributed by atoms with E-state index in [4.69, 9.17) is 10.9 Å². The van der Waals surface area contributed by atoms with Gasteiger partial charge in [-0.1, -0.05) is 11.2 Å². The Morgan fingerprint density at radius 2 is 2.11 bits per heavy atom. The fourth-order valence-electron chi connectivity index (χ4n) is 2.26. The first-order chi connectivity index (χ1) is 9.11. The van der Waals surface area contributed by atoms with Crippen molar-refractivity contribution in [2.75, 3.05) is 13.1 Å². The summed E-state index contributed by atoms with van der Waals surface area (Å²) in [4.78, 5) is 14.1. The summed E-state index contributed by atoms with van der Waals surface area (Å²) in [6.07, 6.45) is 1.48. The van der Waals surface area contributed by atoms with Crippen LogP contribution in [0.1, 0.15) is 23.2 Å². The molecule has 5 nitrogen and oxygen atoms in total. The Hall–Kier alpha value is -1.31. The highest BCUT2D eigenvalue weighted by Crippen LogP contribution is 2.19. The molecule has 1 heterocycles. The van der Waals surface area contributed by atoms with Gasteiger partial charge in [0.05, 0.1) is 0 Å². The summed E-state index contributed by atoms with van der Waals surface area (Å²) in [6.45, 7) is 1.29. The molecule has 0 radical (unpaired) electrons. The summed E-state index contributed by atoms with van der Waals surface area (Å²) < 4.78 is 1.05. The molecule has 0 aliphatic carbocycles. The third-order valence-corrected chi connectivity index (χ3v) is 4.06. The van der Waals surface area contributed by atoms with E-state index in [2.05, 4.69) is 27.7 Å². The second kappa shape index (κ2) is 6.23. The normalized spacial score (nSPS) is 17.5. The minimum atomic E-state index is 0.0523. The number of piperidine rings is 1. The molecule has 0 bridgehead atoms. The average Bonchev–Trinajstić information content (AvgIpc) is 2.46. The molecule has 19 heavy (non-hydrogen) atoms. The van der Waals surface area contributed by atoms with Crippen LogP contribution < -0.4 is 5.73 Å². The van der Waals surface area contributed by atoms with Crippen LogP contribution in [-0.2, 0) is 0 Å². The van der Waals surface area contributed by atoms with E-state index in [1.807, 2.05) is 29.2 Å². The van der Waals surface area contributed by atoms with Crippen molar-refractivity contribution in [2.24, 2.45) is 16.8 Å². The quantitative estimate of drug-likeness (QED) is 0.273. The van der Waals surface area contributed by atoms with E-state index in [0.29, 0.717) is 18.7 Å². The number of benzene rings is 1. The van der Waals surface area contributed by atoms with E-state index in [-0.39, 0.29) is 17.7 Å². The topological polar surface area (TPSA) is 78.9 Å². The summed E-state index contributed by atoms with van der Waals surface area (Å²) in [6, 6.07) is 7.57. The minimum absolute atomic E-state index is 0.0523. The van der Waals surface area contributed by atoms with E-state index in [0.717, 1.165) is 16.4 Å². The molecule has 0 atom stereocenters. The number of halogens is 1. The lowest BCUT2D eigenvalue weighted by Gasteiger charge is -2.31. The molecule has 6 heteroatoms. The van der Waals surface area contributed by atoms with Crippen LogP contribution in [0.2, 0.25) is 0 Å². The molecular weight excluding hydrogens is 357 g/mol. The maximum absolute atomic E-state index is 12.3. The van der Waals surface area contributed by atoms with E-state index in [1.54, 1.807) is 0 Å². The van der Waals surface area contributed by atoms with E-state index < -0.39 is 0 Å². The molecule has 2 rings (SSSR count). The zero-order valence-corrected chi connectivity index (χ0v) is 12.6. The van der Waals surface area contributed by atoms with Gasteiger partial charge in [-0.3, -0.25) is 4.79 Å². The summed E-state index contributed by atoms with van der Waals surface area (Å²) >= 11 is 2.20. The number of nitrogens with two attached hydrogens (primary N) is 1. The number of likely N-dealkylation sites (tertiary alicyclic amines) is 1. The van der Waals surface area contributed by atoms with Crippen LogP contribution >= 0.6 is 22.6 Å². The standard InChI is InChI=1S/C13H16IN3O2/c14-11-3-1-2-10(8-11)13(18)17-6-4-9(5-7-17)12(15)16-19/h1-3,8-9,19H,4-7H2,(H2,15,16). The van der Waals surface area contributed by atoms with Crippen LogP contribution in [0, 0.1) is 9.49 Å². The van der Waals surface area contributed by atoms with Crippen LogP contribution in [0.25, 0.3) is 0 Å². The highest BCUT2D eigenvalue weighted by molar-refractivity contribution is 14.1. The van der Waals surface area contributed by atoms with E-state index in [1.165, 1.54) is 0 Å². The SMILES string of the molecule is NC(=NO)C1CCN(C(=O)c2cccc(I)c2)CC1. The molecule has 0 aromatic heterocycles. The Kier molecular flexibility index (Phi) is 4.62. The van der Waals surface area contributed by atoms with Gasteiger partial charge in [0.1, 0.15) is 5.84 Å². The zero-order valence-electron chi connectivity index (χ0n) is 10.4. The predicted molar refractivity (Wildman–Crippen MR) is 81.2 cm³/mol. The first kappa shape index (κ1) is 14.1. The van der Waals surface area contributed by atoms with Crippen LogP contribution in [0.4, 0.5) is 0 Å². The molecule has 1 aliphatic rings. The Bertz CT molecular complexity index is 496. The Morgan fingerprint density at radius 3 is 2.68 bits per heavy atom. The lowest BCUT2D eigenvalue weighted by molar-refractivity contribution is 0.0709. The van der Waals surface area contributed by atoms with Gasteiger partial charge in [-0.15, -0.1) is 0 Å².